The van der Waals surface area contributed by atoms with Gasteiger partial charge in [-0.3, -0.25) is 4.79 Å². The first-order valence-corrected chi connectivity index (χ1v) is 10.8. The number of carbonyl (C=O) groups is 2. The summed E-state index contributed by atoms with van der Waals surface area (Å²) < 4.78 is 4.76. The second-order valence-electron chi connectivity index (χ2n) is 7.75. The smallest absolute Gasteiger partial charge is 0.338 e. The second-order valence-corrected chi connectivity index (χ2v) is 7.75. The summed E-state index contributed by atoms with van der Waals surface area (Å²) in [6, 6.07) is 17.9. The predicted octanol–water partition coefficient (Wildman–Crippen LogP) is 4.56. The first-order chi connectivity index (χ1) is 15.7. The molecule has 1 fully saturated rings. The number of nitrogens with one attached hydrogen (secondary N) is 1. The molecule has 1 amide bonds. The van der Waals surface area contributed by atoms with Crippen molar-refractivity contribution in [2.45, 2.75) is 25.7 Å². The van der Waals surface area contributed by atoms with Crippen LogP contribution in [-0.4, -0.2) is 42.3 Å². The maximum Gasteiger partial charge on any atom is 0.338 e. The highest BCUT2D eigenvalue weighted by Crippen LogP contribution is 2.23. The molecule has 7 heteroatoms. The van der Waals surface area contributed by atoms with Crippen molar-refractivity contribution in [1.82, 2.24) is 10.2 Å². The van der Waals surface area contributed by atoms with E-state index < -0.39 is 5.97 Å². The standard InChI is InChI=1S/C25H26N4O3/c1-32-25(31)21-9-5-4-8-20(21)24(30)26-19-12-10-18(11-13-19)22-14-15-23(28-27-22)29-16-6-2-3-7-17-29/h4-5,8-15H,2-3,6-7,16-17H2,1H3,(H,26,30). The molecule has 32 heavy (non-hydrogen) atoms. The van der Waals surface area contributed by atoms with Crippen LogP contribution in [0.3, 0.4) is 0 Å². The van der Waals surface area contributed by atoms with Crippen LogP contribution in [0.1, 0.15) is 46.4 Å². The monoisotopic (exact) mass is 430 g/mol. The summed E-state index contributed by atoms with van der Waals surface area (Å²) in [5.41, 5.74) is 2.79. The lowest BCUT2D eigenvalue weighted by atomic mass is 10.1. The fraction of sp³-hybridized carbons (Fsp3) is 0.280. The molecule has 0 aliphatic carbocycles. The zero-order valence-electron chi connectivity index (χ0n) is 18.1. The van der Waals surface area contributed by atoms with Crippen LogP contribution in [-0.2, 0) is 4.74 Å². The van der Waals surface area contributed by atoms with Crippen LogP contribution >= 0.6 is 0 Å². The van der Waals surface area contributed by atoms with Crippen LogP contribution in [0.15, 0.2) is 60.7 Å². The Morgan fingerprint density at radius 1 is 0.844 bits per heavy atom. The first-order valence-electron chi connectivity index (χ1n) is 10.8. The SMILES string of the molecule is COC(=O)c1ccccc1C(=O)Nc1ccc(-c2ccc(N3CCCCCC3)nn2)cc1. The van der Waals surface area contributed by atoms with Crippen molar-refractivity contribution in [3.8, 4) is 11.3 Å². The molecule has 7 nitrogen and oxygen atoms in total. The summed E-state index contributed by atoms with van der Waals surface area (Å²) in [6.07, 6.45) is 4.94. The number of amides is 1. The zero-order chi connectivity index (χ0) is 22.3. The second kappa shape index (κ2) is 10.0. The third kappa shape index (κ3) is 4.94. The van der Waals surface area contributed by atoms with Crippen LogP contribution in [0.5, 0.6) is 0 Å². The number of carbonyl (C=O) groups excluding carboxylic acids is 2. The summed E-state index contributed by atoms with van der Waals surface area (Å²) in [6.45, 7) is 2.06. The lowest BCUT2D eigenvalue weighted by Crippen LogP contribution is -2.25. The molecule has 1 aliphatic rings. The van der Waals surface area contributed by atoms with Crippen molar-refractivity contribution in [2.24, 2.45) is 0 Å². The van der Waals surface area contributed by atoms with Crippen LogP contribution in [0.2, 0.25) is 0 Å². The van der Waals surface area contributed by atoms with Gasteiger partial charge in [-0.2, -0.15) is 0 Å². The molecule has 1 aromatic heterocycles. The predicted molar refractivity (Wildman–Crippen MR) is 124 cm³/mol. The number of esters is 1. The fourth-order valence-electron chi connectivity index (χ4n) is 3.84. The summed E-state index contributed by atoms with van der Waals surface area (Å²) in [4.78, 5) is 26.9. The zero-order valence-corrected chi connectivity index (χ0v) is 18.1. The number of rotatable bonds is 5. The van der Waals surface area contributed by atoms with E-state index >= 15 is 0 Å². The van der Waals surface area contributed by atoms with Crippen LogP contribution in [0, 0.1) is 0 Å². The molecule has 0 radical (unpaired) electrons. The third-order valence-electron chi connectivity index (χ3n) is 5.60. The number of hydrogen-bond donors (Lipinski definition) is 1. The van der Waals surface area contributed by atoms with E-state index in [-0.39, 0.29) is 17.0 Å². The van der Waals surface area contributed by atoms with Gasteiger partial charge in [0.2, 0.25) is 0 Å². The molecule has 0 atom stereocenters. The summed E-state index contributed by atoms with van der Waals surface area (Å²) in [5.74, 6) is -0.00237. The molecule has 3 aromatic rings. The van der Waals surface area contributed by atoms with Gasteiger partial charge in [0.25, 0.3) is 5.91 Å². The first kappa shape index (κ1) is 21.5. The summed E-state index contributed by atoms with van der Waals surface area (Å²) >= 11 is 0. The van der Waals surface area contributed by atoms with Crippen molar-refractivity contribution < 1.29 is 14.3 Å². The molecule has 1 N–H and O–H groups in total. The van der Waals surface area contributed by atoms with E-state index in [1.807, 2.05) is 24.3 Å². The summed E-state index contributed by atoms with van der Waals surface area (Å²) in [5, 5.41) is 11.7. The molecule has 0 spiro atoms. The lowest BCUT2D eigenvalue weighted by Gasteiger charge is -2.20. The van der Waals surface area contributed by atoms with Gasteiger partial charge in [0.15, 0.2) is 5.82 Å². The Bertz CT molecular complexity index is 1070. The topological polar surface area (TPSA) is 84.4 Å². The van der Waals surface area contributed by atoms with Gasteiger partial charge in [-0.25, -0.2) is 4.79 Å². The maximum absolute atomic E-state index is 12.7. The van der Waals surface area contributed by atoms with Crippen LogP contribution in [0.4, 0.5) is 11.5 Å². The van der Waals surface area contributed by atoms with Crippen LogP contribution in [0.25, 0.3) is 11.3 Å². The average Bonchev–Trinajstić information content (AvgIpc) is 3.14. The molecule has 0 unspecified atom stereocenters. The number of anilines is 2. The van der Waals surface area contributed by atoms with Gasteiger partial charge in [-0.1, -0.05) is 37.1 Å². The van der Waals surface area contributed by atoms with Crippen molar-refractivity contribution in [1.29, 1.82) is 0 Å². The number of ether oxygens (including phenoxy) is 1. The highest BCUT2D eigenvalue weighted by atomic mass is 16.5. The molecule has 1 saturated heterocycles. The number of aromatic nitrogens is 2. The molecular formula is C25H26N4O3. The Balaban J connectivity index is 1.44. The number of hydrogen-bond acceptors (Lipinski definition) is 6. The Morgan fingerprint density at radius 2 is 1.53 bits per heavy atom. The van der Waals surface area contributed by atoms with Gasteiger partial charge in [-0.15, -0.1) is 10.2 Å². The molecule has 1 aliphatic heterocycles. The maximum atomic E-state index is 12.7. The van der Waals surface area contributed by atoms with E-state index in [1.165, 1.54) is 32.8 Å². The van der Waals surface area contributed by atoms with Gasteiger partial charge in [-0.05, 0) is 49.2 Å². The van der Waals surface area contributed by atoms with E-state index in [1.54, 1.807) is 36.4 Å². The van der Waals surface area contributed by atoms with Gasteiger partial charge in [0.1, 0.15) is 0 Å². The number of methoxy groups -OCH3 is 1. The van der Waals surface area contributed by atoms with Crippen LogP contribution < -0.4 is 10.2 Å². The molecule has 0 bridgehead atoms. The quantitative estimate of drug-likeness (QED) is 0.597. The largest absolute Gasteiger partial charge is 0.465 e. The minimum atomic E-state index is -0.548. The molecule has 0 saturated carbocycles. The molecule has 4 rings (SSSR count). The van der Waals surface area contributed by atoms with Crippen molar-refractivity contribution in [3.05, 3.63) is 71.8 Å². The Morgan fingerprint density at radius 3 is 2.16 bits per heavy atom. The highest BCUT2D eigenvalue weighted by molar-refractivity contribution is 6.11. The normalized spacial score (nSPS) is 13.8. The van der Waals surface area contributed by atoms with Crippen molar-refractivity contribution in [2.75, 3.05) is 30.4 Å². The Kier molecular flexibility index (Phi) is 6.75. The molecule has 2 aromatic carbocycles. The number of nitrogens with zero attached hydrogens (tertiary/aromatic N) is 3. The van der Waals surface area contributed by atoms with Gasteiger partial charge >= 0.3 is 5.97 Å². The van der Waals surface area contributed by atoms with Crippen molar-refractivity contribution >= 4 is 23.4 Å². The number of benzene rings is 2. The minimum absolute atomic E-state index is 0.226. The highest BCUT2D eigenvalue weighted by Gasteiger charge is 2.17. The van der Waals surface area contributed by atoms with E-state index in [4.69, 9.17) is 4.74 Å². The third-order valence-corrected chi connectivity index (χ3v) is 5.60. The van der Waals surface area contributed by atoms with E-state index in [2.05, 4.69) is 20.4 Å². The lowest BCUT2D eigenvalue weighted by molar-refractivity contribution is 0.0597. The Labute approximate surface area is 187 Å². The molecule has 164 valence electrons. The fourth-order valence-corrected chi connectivity index (χ4v) is 3.84. The Hall–Kier alpha value is -3.74. The van der Waals surface area contributed by atoms with Gasteiger partial charge in [0, 0.05) is 24.3 Å². The van der Waals surface area contributed by atoms with E-state index in [9.17, 15) is 9.59 Å². The minimum Gasteiger partial charge on any atom is -0.465 e. The van der Waals surface area contributed by atoms with E-state index in [0.29, 0.717) is 5.69 Å². The van der Waals surface area contributed by atoms with E-state index in [0.717, 1.165) is 30.2 Å². The van der Waals surface area contributed by atoms with Gasteiger partial charge in [0.05, 0.1) is 23.9 Å². The molecule has 2 heterocycles. The molecular weight excluding hydrogens is 404 g/mol. The average molecular weight is 431 g/mol. The van der Waals surface area contributed by atoms with Gasteiger partial charge < -0.3 is 15.0 Å². The summed E-state index contributed by atoms with van der Waals surface area (Å²) in [7, 11) is 1.29. The van der Waals surface area contributed by atoms with Crippen molar-refractivity contribution in [3.63, 3.8) is 0 Å².